The largest absolute Gasteiger partial charge is 0.457 e. The Balaban J connectivity index is 1.69. The summed E-state index contributed by atoms with van der Waals surface area (Å²) in [5.41, 5.74) is 7.56. The molecule has 0 aliphatic rings. The fourth-order valence-corrected chi connectivity index (χ4v) is 2.20. The van der Waals surface area contributed by atoms with E-state index in [-0.39, 0.29) is 17.5 Å². The molecule has 0 saturated heterocycles. The van der Waals surface area contributed by atoms with E-state index in [1.54, 1.807) is 13.8 Å². The zero-order chi connectivity index (χ0) is 18.5. The number of ether oxygens (including phenoxy) is 1. The smallest absolute Gasteiger partial charge is 0.255 e. The average Bonchev–Trinajstić information content (AvgIpc) is 2.62. The Kier molecular flexibility index (Phi) is 4.98. The summed E-state index contributed by atoms with van der Waals surface area (Å²) in [4.78, 5) is 22.6. The van der Waals surface area contributed by atoms with E-state index < -0.39 is 0 Å². The Labute approximate surface area is 150 Å². The first kappa shape index (κ1) is 17.2. The van der Waals surface area contributed by atoms with Crippen LogP contribution >= 0.6 is 0 Å². The highest BCUT2D eigenvalue weighted by atomic mass is 16.5. The van der Waals surface area contributed by atoms with E-state index in [1.807, 2.05) is 54.6 Å². The molecule has 0 atom stereocenters. The molecule has 0 unspecified atom stereocenters. The molecule has 3 aromatic rings. The summed E-state index contributed by atoms with van der Waals surface area (Å²) >= 11 is 0. The Hall–Kier alpha value is -3.61. The van der Waals surface area contributed by atoms with Gasteiger partial charge in [-0.2, -0.15) is 4.99 Å². The van der Waals surface area contributed by atoms with Crippen molar-refractivity contribution in [3.63, 3.8) is 0 Å². The third-order valence-electron chi connectivity index (χ3n) is 3.71. The summed E-state index contributed by atoms with van der Waals surface area (Å²) < 4.78 is 5.73. The fraction of sp³-hybridized carbons (Fsp3) is 0.105. The number of aromatic amines is 1. The molecule has 132 valence electrons. The van der Waals surface area contributed by atoms with Crippen LogP contribution in [0, 0.1) is 13.8 Å². The predicted molar refractivity (Wildman–Crippen MR) is 102 cm³/mol. The molecule has 0 aliphatic carbocycles. The number of anilines is 1. The predicted octanol–water partition coefficient (Wildman–Crippen LogP) is 3.24. The van der Waals surface area contributed by atoms with Crippen molar-refractivity contribution in [3.8, 4) is 11.5 Å². The van der Waals surface area contributed by atoms with E-state index in [4.69, 9.17) is 10.5 Å². The van der Waals surface area contributed by atoms with Gasteiger partial charge in [0.25, 0.3) is 5.56 Å². The summed E-state index contributed by atoms with van der Waals surface area (Å²) in [6.45, 7) is 3.45. The van der Waals surface area contributed by atoms with Crippen LogP contribution in [0.15, 0.2) is 64.4 Å². The number of hydrogen-bond acceptors (Lipinski definition) is 4. The van der Waals surface area contributed by atoms with E-state index >= 15 is 0 Å². The van der Waals surface area contributed by atoms with Crippen LogP contribution in [-0.2, 0) is 0 Å². The van der Waals surface area contributed by atoms with E-state index in [1.165, 1.54) is 0 Å². The summed E-state index contributed by atoms with van der Waals surface area (Å²) in [7, 11) is 0. The van der Waals surface area contributed by atoms with Crippen molar-refractivity contribution in [2.45, 2.75) is 13.8 Å². The number of guanidine groups is 1. The van der Waals surface area contributed by atoms with Gasteiger partial charge in [0.05, 0.1) is 0 Å². The van der Waals surface area contributed by atoms with Crippen LogP contribution in [0.4, 0.5) is 11.6 Å². The zero-order valence-corrected chi connectivity index (χ0v) is 14.5. The van der Waals surface area contributed by atoms with Gasteiger partial charge in [-0.25, -0.2) is 4.98 Å². The Morgan fingerprint density at radius 3 is 2.38 bits per heavy atom. The van der Waals surface area contributed by atoms with Crippen LogP contribution in [0.5, 0.6) is 11.5 Å². The van der Waals surface area contributed by atoms with Gasteiger partial charge >= 0.3 is 0 Å². The van der Waals surface area contributed by atoms with Crippen LogP contribution < -0.4 is 21.3 Å². The van der Waals surface area contributed by atoms with E-state index in [0.717, 1.165) is 11.4 Å². The summed E-state index contributed by atoms with van der Waals surface area (Å²) in [5.74, 6) is 1.75. The van der Waals surface area contributed by atoms with Crippen molar-refractivity contribution in [2.24, 2.45) is 10.7 Å². The monoisotopic (exact) mass is 349 g/mol. The van der Waals surface area contributed by atoms with Gasteiger partial charge < -0.3 is 15.8 Å². The second kappa shape index (κ2) is 7.52. The lowest BCUT2D eigenvalue weighted by Gasteiger charge is -2.08. The van der Waals surface area contributed by atoms with Crippen molar-refractivity contribution in [3.05, 3.63) is 76.2 Å². The lowest BCUT2D eigenvalue weighted by atomic mass is 10.3. The molecule has 2 aromatic carbocycles. The molecule has 0 bridgehead atoms. The molecule has 26 heavy (non-hydrogen) atoms. The van der Waals surface area contributed by atoms with Crippen LogP contribution in [-0.4, -0.2) is 15.9 Å². The number of aromatic nitrogens is 2. The van der Waals surface area contributed by atoms with Gasteiger partial charge in [-0.15, -0.1) is 0 Å². The van der Waals surface area contributed by atoms with Crippen molar-refractivity contribution in [1.82, 2.24) is 9.97 Å². The van der Waals surface area contributed by atoms with E-state index in [2.05, 4.69) is 20.3 Å². The quantitative estimate of drug-likeness (QED) is 0.495. The molecule has 1 heterocycles. The number of aryl methyl sites for hydroxylation is 1. The summed E-state index contributed by atoms with van der Waals surface area (Å²) in [6.07, 6.45) is 0. The van der Waals surface area contributed by atoms with Gasteiger partial charge in [0.1, 0.15) is 11.5 Å². The highest BCUT2D eigenvalue weighted by molar-refractivity contribution is 5.93. The highest BCUT2D eigenvalue weighted by Crippen LogP contribution is 2.22. The SMILES string of the molecule is Cc1nc(N=C(N)Nc2ccc(Oc3ccccc3)cc2)[nH]c(=O)c1C. The number of aliphatic imine (C=N–C) groups is 1. The van der Waals surface area contributed by atoms with Gasteiger partial charge in [0.15, 0.2) is 0 Å². The Bertz CT molecular complexity index is 979. The molecular weight excluding hydrogens is 330 g/mol. The fourth-order valence-electron chi connectivity index (χ4n) is 2.20. The zero-order valence-electron chi connectivity index (χ0n) is 14.5. The Morgan fingerprint density at radius 2 is 1.73 bits per heavy atom. The minimum Gasteiger partial charge on any atom is -0.457 e. The number of benzene rings is 2. The van der Waals surface area contributed by atoms with Gasteiger partial charge in [-0.1, -0.05) is 18.2 Å². The maximum atomic E-state index is 11.7. The first-order chi connectivity index (χ1) is 12.5. The average molecular weight is 349 g/mol. The normalized spacial score (nSPS) is 11.2. The molecule has 7 heteroatoms. The van der Waals surface area contributed by atoms with Crippen LogP contribution in [0.1, 0.15) is 11.3 Å². The molecule has 0 fully saturated rings. The molecular formula is C19H19N5O2. The van der Waals surface area contributed by atoms with Crippen molar-refractivity contribution in [1.29, 1.82) is 0 Å². The van der Waals surface area contributed by atoms with Crippen molar-refractivity contribution < 1.29 is 4.74 Å². The number of nitrogens with zero attached hydrogens (tertiary/aromatic N) is 2. The summed E-state index contributed by atoms with van der Waals surface area (Å²) in [5, 5.41) is 2.95. The number of hydrogen-bond donors (Lipinski definition) is 3. The molecule has 0 aliphatic heterocycles. The molecule has 0 amide bonds. The number of H-pyrrole nitrogens is 1. The lowest BCUT2D eigenvalue weighted by Crippen LogP contribution is -2.23. The molecule has 1 aromatic heterocycles. The molecule has 0 radical (unpaired) electrons. The van der Waals surface area contributed by atoms with Gasteiger partial charge in [-0.05, 0) is 50.2 Å². The second-order valence-electron chi connectivity index (χ2n) is 5.66. The third-order valence-corrected chi connectivity index (χ3v) is 3.71. The maximum Gasteiger partial charge on any atom is 0.255 e. The third kappa shape index (κ3) is 4.27. The van der Waals surface area contributed by atoms with E-state index in [0.29, 0.717) is 17.0 Å². The first-order valence-corrected chi connectivity index (χ1v) is 8.03. The molecule has 0 spiro atoms. The van der Waals surface area contributed by atoms with Crippen LogP contribution in [0.2, 0.25) is 0 Å². The number of nitrogens with one attached hydrogen (secondary N) is 2. The minimum atomic E-state index is -0.230. The topological polar surface area (TPSA) is 105 Å². The van der Waals surface area contributed by atoms with E-state index in [9.17, 15) is 4.79 Å². The number of nitrogens with two attached hydrogens (primary N) is 1. The minimum absolute atomic E-state index is 0.119. The van der Waals surface area contributed by atoms with Gasteiger partial charge in [0.2, 0.25) is 11.9 Å². The summed E-state index contributed by atoms with van der Waals surface area (Å²) in [6, 6.07) is 16.8. The van der Waals surface area contributed by atoms with Gasteiger partial charge in [0, 0.05) is 16.9 Å². The maximum absolute atomic E-state index is 11.7. The first-order valence-electron chi connectivity index (χ1n) is 8.03. The lowest BCUT2D eigenvalue weighted by molar-refractivity contribution is 0.483. The van der Waals surface area contributed by atoms with Crippen LogP contribution in [0.25, 0.3) is 0 Å². The Morgan fingerprint density at radius 1 is 1.08 bits per heavy atom. The van der Waals surface area contributed by atoms with Gasteiger partial charge in [-0.3, -0.25) is 9.78 Å². The van der Waals surface area contributed by atoms with Crippen LogP contribution in [0.3, 0.4) is 0 Å². The molecule has 7 nitrogen and oxygen atoms in total. The molecule has 3 rings (SSSR count). The molecule has 4 N–H and O–H groups in total. The highest BCUT2D eigenvalue weighted by Gasteiger charge is 2.04. The van der Waals surface area contributed by atoms with Crippen molar-refractivity contribution >= 4 is 17.6 Å². The number of para-hydroxylation sites is 1. The standard InChI is InChI=1S/C19H19N5O2/c1-12-13(2)21-19(23-17(12)25)24-18(20)22-14-8-10-16(11-9-14)26-15-6-4-3-5-7-15/h3-11H,1-2H3,(H4,20,21,22,23,24,25). The number of rotatable bonds is 4. The molecule has 0 saturated carbocycles. The van der Waals surface area contributed by atoms with Crippen molar-refractivity contribution in [2.75, 3.05) is 5.32 Å². The second-order valence-corrected chi connectivity index (χ2v) is 5.66.